The molecule has 1 aromatic carbocycles. The van der Waals surface area contributed by atoms with Gasteiger partial charge in [-0.2, -0.15) is 13.2 Å². The Morgan fingerprint density at radius 1 is 1.15 bits per heavy atom. The van der Waals surface area contributed by atoms with Gasteiger partial charge < -0.3 is 20.5 Å². The second kappa shape index (κ2) is 10.9. The number of aromatic nitrogens is 2. The number of carbonyl (C=O) groups is 2. The number of rotatable bonds is 5. The van der Waals surface area contributed by atoms with Gasteiger partial charge in [0.1, 0.15) is 23.8 Å². The lowest BCUT2D eigenvalue weighted by atomic mass is 10.0. The maximum Gasteiger partial charge on any atom is 0.490 e. The highest BCUT2D eigenvalue weighted by atomic mass is 35.5. The fourth-order valence-corrected chi connectivity index (χ4v) is 4.65. The quantitative estimate of drug-likeness (QED) is 0.316. The van der Waals surface area contributed by atoms with E-state index in [1.807, 2.05) is 0 Å². The summed E-state index contributed by atoms with van der Waals surface area (Å²) in [5.74, 6) is -10.9. The largest absolute Gasteiger partial charge is 0.490 e. The number of ether oxygens (including phenoxy) is 1. The number of alkyl halides is 3. The highest BCUT2D eigenvalue weighted by molar-refractivity contribution is 6.38. The predicted octanol–water partition coefficient (Wildman–Crippen LogP) is 4.67. The number of carboxylic acids is 1. The third-order valence-electron chi connectivity index (χ3n) is 6.10. The van der Waals surface area contributed by atoms with Crippen LogP contribution >= 0.6 is 11.6 Å². The summed E-state index contributed by atoms with van der Waals surface area (Å²) in [5.41, 5.74) is 2.24. The van der Waals surface area contributed by atoms with E-state index in [2.05, 4.69) is 9.72 Å². The van der Waals surface area contributed by atoms with Crippen LogP contribution in [-0.4, -0.2) is 52.5 Å². The summed E-state index contributed by atoms with van der Waals surface area (Å²) in [6.45, 7) is -1.75. The minimum Gasteiger partial charge on any atom is -0.477 e. The SMILES string of the molecule is Nc1nc(-n2cc(C(=O)O)c(=O)c3cc(F)c(N4CCC/C(=C(/F)COC(=O)C(F)(F)F)C4)c(Cl)c32)c(F)cc1F. The van der Waals surface area contributed by atoms with E-state index in [9.17, 15) is 45.8 Å². The fraction of sp³-hybridized carbons (Fsp3) is 0.250. The van der Waals surface area contributed by atoms with Gasteiger partial charge in [-0.1, -0.05) is 11.6 Å². The van der Waals surface area contributed by atoms with E-state index < -0.39 is 98.8 Å². The summed E-state index contributed by atoms with van der Waals surface area (Å²) in [6, 6.07) is 0.961. The lowest BCUT2D eigenvalue weighted by Gasteiger charge is -2.32. The van der Waals surface area contributed by atoms with Gasteiger partial charge in [0.25, 0.3) is 0 Å². The molecule has 0 unspecified atom stereocenters. The molecule has 3 heterocycles. The maximum atomic E-state index is 15.4. The van der Waals surface area contributed by atoms with Crippen LogP contribution in [0.15, 0.2) is 34.5 Å². The number of halogens is 8. The van der Waals surface area contributed by atoms with Gasteiger partial charge in [-0.25, -0.2) is 32.1 Å². The first kappa shape index (κ1) is 29.6. The lowest BCUT2D eigenvalue weighted by Crippen LogP contribution is -2.33. The van der Waals surface area contributed by atoms with Crippen LogP contribution in [0, 0.1) is 17.5 Å². The molecule has 1 fully saturated rings. The Morgan fingerprint density at radius 3 is 2.46 bits per heavy atom. The molecule has 0 radical (unpaired) electrons. The zero-order valence-electron chi connectivity index (χ0n) is 20.3. The molecular weight excluding hydrogens is 593 g/mol. The third kappa shape index (κ3) is 5.64. The van der Waals surface area contributed by atoms with Crippen molar-refractivity contribution in [2.24, 2.45) is 0 Å². The smallest absolute Gasteiger partial charge is 0.477 e. The number of nitrogen functional groups attached to an aromatic ring is 1. The Bertz CT molecular complexity index is 1690. The Balaban J connectivity index is 1.87. The zero-order valence-corrected chi connectivity index (χ0v) is 21.0. The summed E-state index contributed by atoms with van der Waals surface area (Å²) in [5, 5.41) is 8.28. The molecule has 2 aromatic heterocycles. The van der Waals surface area contributed by atoms with E-state index in [1.54, 1.807) is 0 Å². The Hall–Kier alpha value is -4.34. The van der Waals surface area contributed by atoms with E-state index in [0.29, 0.717) is 22.9 Å². The van der Waals surface area contributed by atoms with Crippen molar-refractivity contribution in [2.45, 2.75) is 19.0 Å². The summed E-state index contributed by atoms with van der Waals surface area (Å²) in [6.07, 6.45) is -4.56. The maximum absolute atomic E-state index is 15.4. The second-order valence-corrected chi connectivity index (χ2v) is 9.11. The molecule has 3 N–H and O–H groups in total. The van der Waals surface area contributed by atoms with Gasteiger partial charge in [0.2, 0.25) is 5.43 Å². The molecule has 41 heavy (non-hydrogen) atoms. The fourth-order valence-electron chi connectivity index (χ4n) is 4.25. The van der Waals surface area contributed by atoms with Crippen molar-refractivity contribution in [3.05, 3.63) is 68.0 Å². The number of nitrogens with two attached hydrogens (primary N) is 1. The molecular formula is C24H16ClF7N4O5. The van der Waals surface area contributed by atoms with Gasteiger partial charge in [0, 0.05) is 25.4 Å². The topological polar surface area (TPSA) is 128 Å². The molecule has 0 amide bonds. The van der Waals surface area contributed by atoms with Crippen LogP contribution in [0.3, 0.4) is 0 Å². The Labute approximate surface area is 229 Å². The number of benzene rings is 1. The molecule has 0 bridgehead atoms. The normalized spacial score (nSPS) is 15.3. The number of nitrogens with zero attached hydrogens (tertiary/aromatic N) is 3. The number of hydrogen-bond donors (Lipinski definition) is 2. The summed E-state index contributed by atoms with van der Waals surface area (Å²) < 4.78 is 100. The number of carboxylic acid groups (broad SMARTS) is 1. The number of hydrogen-bond acceptors (Lipinski definition) is 7. The van der Waals surface area contributed by atoms with E-state index in [1.165, 1.54) is 4.90 Å². The highest BCUT2D eigenvalue weighted by Gasteiger charge is 2.41. The van der Waals surface area contributed by atoms with Crippen molar-refractivity contribution in [3.63, 3.8) is 0 Å². The number of anilines is 2. The predicted molar refractivity (Wildman–Crippen MR) is 130 cm³/mol. The minimum absolute atomic E-state index is 0.00931. The molecule has 3 aromatic rings. The average molecular weight is 609 g/mol. The molecule has 4 rings (SSSR count). The number of esters is 1. The van der Waals surface area contributed by atoms with Gasteiger partial charge >= 0.3 is 18.1 Å². The third-order valence-corrected chi connectivity index (χ3v) is 6.46. The van der Waals surface area contributed by atoms with Crippen molar-refractivity contribution >= 4 is 45.9 Å². The van der Waals surface area contributed by atoms with Crippen molar-refractivity contribution in [2.75, 3.05) is 30.3 Å². The summed E-state index contributed by atoms with van der Waals surface area (Å²) in [4.78, 5) is 40.2. The Morgan fingerprint density at radius 2 is 1.83 bits per heavy atom. The Kier molecular flexibility index (Phi) is 7.89. The molecule has 0 spiro atoms. The van der Waals surface area contributed by atoms with Crippen molar-refractivity contribution < 1.29 is 50.2 Å². The van der Waals surface area contributed by atoms with E-state index in [4.69, 9.17) is 17.3 Å². The van der Waals surface area contributed by atoms with Gasteiger partial charge in [-0.05, 0) is 24.5 Å². The highest BCUT2D eigenvalue weighted by Crippen LogP contribution is 2.39. The minimum atomic E-state index is -5.34. The van der Waals surface area contributed by atoms with Crippen molar-refractivity contribution in [1.82, 2.24) is 9.55 Å². The number of fused-ring (bicyclic) bond motifs is 1. The van der Waals surface area contributed by atoms with Gasteiger partial charge in [-0.15, -0.1) is 0 Å². The molecule has 0 aliphatic carbocycles. The van der Waals surface area contributed by atoms with Gasteiger partial charge in [0.05, 0.1) is 21.6 Å². The first-order valence-electron chi connectivity index (χ1n) is 11.4. The molecule has 9 nitrogen and oxygen atoms in total. The van der Waals surface area contributed by atoms with E-state index >= 15 is 4.39 Å². The molecule has 1 saturated heterocycles. The first-order chi connectivity index (χ1) is 19.1. The average Bonchev–Trinajstić information content (AvgIpc) is 2.89. The molecule has 1 aliphatic rings. The molecule has 0 atom stereocenters. The first-order valence-corrected chi connectivity index (χ1v) is 11.8. The zero-order chi connectivity index (χ0) is 30.4. The van der Waals surface area contributed by atoms with Gasteiger partial charge in [-0.3, -0.25) is 9.36 Å². The molecule has 17 heteroatoms. The van der Waals surface area contributed by atoms with Gasteiger partial charge in [0.15, 0.2) is 23.3 Å². The van der Waals surface area contributed by atoms with Crippen molar-refractivity contribution in [3.8, 4) is 5.82 Å². The summed E-state index contributed by atoms with van der Waals surface area (Å²) in [7, 11) is 0. The van der Waals surface area contributed by atoms with Crippen LogP contribution in [0.25, 0.3) is 16.7 Å². The lowest BCUT2D eigenvalue weighted by molar-refractivity contribution is -0.199. The number of piperidine rings is 1. The molecule has 1 aliphatic heterocycles. The molecule has 218 valence electrons. The molecule has 0 saturated carbocycles. The van der Waals surface area contributed by atoms with Crippen LogP contribution in [0.2, 0.25) is 5.02 Å². The van der Waals surface area contributed by atoms with E-state index in [-0.39, 0.29) is 25.0 Å². The number of pyridine rings is 2. The summed E-state index contributed by atoms with van der Waals surface area (Å²) >= 11 is 6.49. The van der Waals surface area contributed by atoms with Crippen LogP contribution in [0.1, 0.15) is 23.2 Å². The van der Waals surface area contributed by atoms with E-state index in [0.717, 1.165) is 0 Å². The van der Waals surface area contributed by atoms with Crippen molar-refractivity contribution in [1.29, 1.82) is 0 Å². The van der Waals surface area contributed by atoms with Crippen LogP contribution in [0.4, 0.5) is 42.2 Å². The van der Waals surface area contributed by atoms with Crippen LogP contribution in [-0.2, 0) is 9.53 Å². The van der Waals surface area contributed by atoms with Crippen LogP contribution < -0.4 is 16.1 Å². The van der Waals surface area contributed by atoms with Crippen LogP contribution in [0.5, 0.6) is 0 Å². The number of carbonyl (C=O) groups excluding carboxylic acids is 1. The number of aromatic carboxylic acids is 1. The second-order valence-electron chi connectivity index (χ2n) is 8.73. The standard InChI is InChI=1S/C24H16ClF7N4O5/c25-16-17-10(19(37)11(22(38)39)7-36(17)21-14(28)5-13(27)20(33)34-21)4-12(26)18(16)35-3-1-2-9(6-35)15(29)8-41-23(40)24(30,31)32/h4-5,7H,1-3,6,8H2,(H2,33,34)(H,38,39)/b15-9-. The monoisotopic (exact) mass is 608 g/mol.